The molecule has 0 atom stereocenters. The second-order valence-corrected chi connectivity index (χ2v) is 10.2. The van der Waals surface area contributed by atoms with Gasteiger partial charge in [-0.3, -0.25) is 0 Å². The van der Waals surface area contributed by atoms with Crippen LogP contribution in [0.2, 0.25) is 0 Å². The van der Waals surface area contributed by atoms with Crippen LogP contribution in [-0.2, 0) is 0 Å². The van der Waals surface area contributed by atoms with Crippen molar-refractivity contribution in [3.8, 4) is 44.5 Å². The second-order valence-electron chi connectivity index (χ2n) is 10.2. The van der Waals surface area contributed by atoms with E-state index in [-0.39, 0.29) is 0 Å². The number of benzene rings is 7. The van der Waals surface area contributed by atoms with Crippen molar-refractivity contribution in [2.45, 2.75) is 6.92 Å². The summed E-state index contributed by atoms with van der Waals surface area (Å²) in [7, 11) is 0. The molecule has 0 nitrogen and oxygen atoms in total. The zero-order valence-corrected chi connectivity index (χ0v) is 21.9. The minimum absolute atomic E-state index is 1.23. The highest BCUT2D eigenvalue weighted by Gasteiger charge is 2.20. The summed E-state index contributed by atoms with van der Waals surface area (Å²) in [4.78, 5) is 0. The lowest BCUT2D eigenvalue weighted by atomic mass is 9.82. The van der Waals surface area contributed by atoms with E-state index < -0.39 is 0 Å². The Balaban J connectivity index is 1.63. The minimum atomic E-state index is 1.23. The first-order valence-corrected chi connectivity index (χ1v) is 13.5. The van der Waals surface area contributed by atoms with Crippen LogP contribution in [0.25, 0.3) is 66.1 Å². The molecule has 39 heavy (non-hydrogen) atoms. The summed E-state index contributed by atoms with van der Waals surface area (Å²) in [5, 5.41) is 5.11. The SMILES string of the molecule is Cc1ccc2c(-c3ccccc3-c3ccccc3)c3ccccc3c(-c3ccccc3-c3ccccc3)c2c1. The molecule has 0 N–H and O–H groups in total. The fourth-order valence-corrected chi connectivity index (χ4v) is 6.01. The maximum atomic E-state index is 2.37. The molecule has 0 radical (unpaired) electrons. The highest BCUT2D eigenvalue weighted by molar-refractivity contribution is 6.23. The Bertz CT molecular complexity index is 1950. The van der Waals surface area contributed by atoms with Gasteiger partial charge in [0.2, 0.25) is 0 Å². The predicted octanol–water partition coefficient (Wildman–Crippen LogP) is 11.0. The van der Waals surface area contributed by atoms with E-state index in [1.165, 1.54) is 71.6 Å². The average Bonchev–Trinajstić information content (AvgIpc) is 3.01. The van der Waals surface area contributed by atoms with Crippen molar-refractivity contribution in [1.29, 1.82) is 0 Å². The Labute approximate surface area is 229 Å². The molecule has 0 fully saturated rings. The van der Waals surface area contributed by atoms with Crippen molar-refractivity contribution in [2.75, 3.05) is 0 Å². The molecule has 7 aromatic rings. The molecule has 0 heteroatoms. The molecular formula is C39H28. The lowest BCUT2D eigenvalue weighted by Gasteiger charge is -2.21. The van der Waals surface area contributed by atoms with Crippen LogP contribution in [0.3, 0.4) is 0 Å². The molecule has 0 bridgehead atoms. The number of aryl methyl sites for hydroxylation is 1. The van der Waals surface area contributed by atoms with Gasteiger partial charge in [-0.25, -0.2) is 0 Å². The molecule has 7 aromatic carbocycles. The molecule has 0 saturated carbocycles. The Morgan fingerprint density at radius 3 is 1.21 bits per heavy atom. The maximum absolute atomic E-state index is 2.37. The molecular weight excluding hydrogens is 468 g/mol. The summed E-state index contributed by atoms with van der Waals surface area (Å²) >= 11 is 0. The maximum Gasteiger partial charge on any atom is -0.00200 e. The molecule has 0 unspecified atom stereocenters. The van der Waals surface area contributed by atoms with Gasteiger partial charge in [0.05, 0.1) is 0 Å². The van der Waals surface area contributed by atoms with Crippen LogP contribution in [-0.4, -0.2) is 0 Å². The van der Waals surface area contributed by atoms with E-state index in [1.54, 1.807) is 0 Å². The summed E-state index contributed by atoms with van der Waals surface area (Å²) in [6.07, 6.45) is 0. The quantitative estimate of drug-likeness (QED) is 0.213. The van der Waals surface area contributed by atoms with Crippen molar-refractivity contribution in [3.05, 3.63) is 157 Å². The molecule has 184 valence electrons. The summed E-state index contributed by atoms with van der Waals surface area (Å²) in [6, 6.07) is 55.0. The van der Waals surface area contributed by atoms with E-state index in [4.69, 9.17) is 0 Å². The van der Waals surface area contributed by atoms with Crippen molar-refractivity contribution in [3.63, 3.8) is 0 Å². The van der Waals surface area contributed by atoms with Gasteiger partial charge in [0, 0.05) is 0 Å². The van der Waals surface area contributed by atoms with Crippen LogP contribution >= 0.6 is 0 Å². The van der Waals surface area contributed by atoms with Gasteiger partial charge in [-0.2, -0.15) is 0 Å². The van der Waals surface area contributed by atoms with Gasteiger partial charge in [-0.1, -0.05) is 157 Å². The van der Waals surface area contributed by atoms with Crippen LogP contribution in [0.5, 0.6) is 0 Å². The second kappa shape index (κ2) is 9.74. The van der Waals surface area contributed by atoms with Crippen LogP contribution in [0.4, 0.5) is 0 Å². The molecule has 7 rings (SSSR count). The molecule has 0 aliphatic carbocycles. The van der Waals surface area contributed by atoms with Gasteiger partial charge in [-0.15, -0.1) is 0 Å². The predicted molar refractivity (Wildman–Crippen MR) is 168 cm³/mol. The molecule has 0 aliphatic rings. The molecule has 0 heterocycles. The zero-order valence-electron chi connectivity index (χ0n) is 21.9. The van der Waals surface area contributed by atoms with Gasteiger partial charge in [0.1, 0.15) is 0 Å². The van der Waals surface area contributed by atoms with Crippen molar-refractivity contribution in [1.82, 2.24) is 0 Å². The Kier molecular flexibility index (Phi) is 5.79. The van der Waals surface area contributed by atoms with Crippen LogP contribution in [0.15, 0.2) is 152 Å². The number of hydrogen-bond donors (Lipinski definition) is 0. The highest BCUT2D eigenvalue weighted by Crippen LogP contribution is 2.47. The van der Waals surface area contributed by atoms with Gasteiger partial charge >= 0.3 is 0 Å². The van der Waals surface area contributed by atoms with Crippen LogP contribution < -0.4 is 0 Å². The van der Waals surface area contributed by atoms with Gasteiger partial charge in [0.15, 0.2) is 0 Å². The smallest absolute Gasteiger partial charge is 0.00200 e. The largest absolute Gasteiger partial charge is 0.0622 e. The van der Waals surface area contributed by atoms with E-state index in [9.17, 15) is 0 Å². The standard InChI is InChI=1S/C39H28/c1-27-24-25-36-37(26-27)39(33-21-11-9-19-31(33)29-16-6-3-7-17-29)35-23-13-12-22-34(35)38(36)32-20-10-8-18-30(32)28-14-4-2-5-15-28/h2-26H,1H3. The lowest BCUT2D eigenvalue weighted by molar-refractivity contribution is 1.50. The van der Waals surface area contributed by atoms with E-state index in [2.05, 4.69) is 159 Å². The third kappa shape index (κ3) is 4.02. The van der Waals surface area contributed by atoms with Crippen molar-refractivity contribution < 1.29 is 0 Å². The Morgan fingerprint density at radius 1 is 0.308 bits per heavy atom. The lowest BCUT2D eigenvalue weighted by Crippen LogP contribution is -1.94. The van der Waals surface area contributed by atoms with Gasteiger partial charge < -0.3 is 0 Å². The normalized spacial score (nSPS) is 11.2. The molecule has 0 amide bonds. The van der Waals surface area contributed by atoms with Crippen molar-refractivity contribution >= 4 is 21.5 Å². The van der Waals surface area contributed by atoms with Crippen LogP contribution in [0.1, 0.15) is 5.56 Å². The van der Waals surface area contributed by atoms with E-state index in [1.807, 2.05) is 0 Å². The van der Waals surface area contributed by atoms with Gasteiger partial charge in [-0.05, 0) is 73.0 Å². The first-order chi connectivity index (χ1) is 19.3. The van der Waals surface area contributed by atoms with E-state index in [0.717, 1.165) is 0 Å². The first-order valence-electron chi connectivity index (χ1n) is 13.5. The number of rotatable bonds is 4. The third-order valence-corrected chi connectivity index (χ3v) is 7.74. The minimum Gasteiger partial charge on any atom is -0.0622 e. The summed E-state index contributed by atoms with van der Waals surface area (Å²) in [6.45, 7) is 2.19. The first kappa shape index (κ1) is 23.2. The average molecular weight is 497 g/mol. The Hall–Kier alpha value is -4.94. The zero-order chi connectivity index (χ0) is 26.2. The number of hydrogen-bond acceptors (Lipinski definition) is 0. The van der Waals surface area contributed by atoms with E-state index in [0.29, 0.717) is 0 Å². The van der Waals surface area contributed by atoms with Crippen LogP contribution in [0, 0.1) is 6.92 Å². The fourth-order valence-electron chi connectivity index (χ4n) is 6.01. The molecule has 0 aliphatic heterocycles. The molecule has 0 spiro atoms. The molecule has 0 saturated heterocycles. The monoisotopic (exact) mass is 496 g/mol. The fraction of sp³-hybridized carbons (Fsp3) is 0.0256. The molecule has 0 aromatic heterocycles. The summed E-state index contributed by atoms with van der Waals surface area (Å²) in [5.74, 6) is 0. The number of fused-ring (bicyclic) bond motifs is 2. The van der Waals surface area contributed by atoms with E-state index >= 15 is 0 Å². The third-order valence-electron chi connectivity index (χ3n) is 7.74. The van der Waals surface area contributed by atoms with Crippen molar-refractivity contribution in [2.24, 2.45) is 0 Å². The Morgan fingerprint density at radius 2 is 0.692 bits per heavy atom. The topological polar surface area (TPSA) is 0 Å². The van der Waals surface area contributed by atoms with Gasteiger partial charge in [0.25, 0.3) is 0 Å². The summed E-state index contributed by atoms with van der Waals surface area (Å²) < 4.78 is 0. The summed E-state index contributed by atoms with van der Waals surface area (Å²) in [5.41, 5.74) is 11.3. The highest BCUT2D eigenvalue weighted by atomic mass is 14.2.